The zero-order chi connectivity index (χ0) is 19.8. The van der Waals surface area contributed by atoms with Gasteiger partial charge in [-0.05, 0) is 63.9 Å². The third-order valence-corrected chi connectivity index (χ3v) is 4.13. The van der Waals surface area contributed by atoms with Gasteiger partial charge >= 0.3 is 0 Å². The fraction of sp³-hybridized carbons (Fsp3) is 0.409. The smallest absolute Gasteiger partial charge is 0.258 e. The number of amides is 1. The Labute approximate surface area is 161 Å². The van der Waals surface area contributed by atoms with Crippen LogP contribution >= 0.6 is 0 Å². The van der Waals surface area contributed by atoms with E-state index in [0.717, 1.165) is 16.9 Å². The quantitative estimate of drug-likeness (QED) is 0.712. The highest BCUT2D eigenvalue weighted by Crippen LogP contribution is 2.30. The molecule has 5 nitrogen and oxygen atoms in total. The number of aryl methyl sites for hydroxylation is 2. The van der Waals surface area contributed by atoms with Gasteiger partial charge in [0.15, 0.2) is 18.1 Å². The summed E-state index contributed by atoms with van der Waals surface area (Å²) in [6, 6.07) is 11.4. The van der Waals surface area contributed by atoms with E-state index in [1.165, 1.54) is 5.56 Å². The number of carbonyl (C=O) groups excluding carboxylic acids is 1. The molecule has 2 aromatic carbocycles. The molecule has 1 atom stereocenters. The minimum atomic E-state index is -0.172. The third kappa shape index (κ3) is 5.91. The first-order chi connectivity index (χ1) is 12.9. The Balaban J connectivity index is 1.98. The van der Waals surface area contributed by atoms with Gasteiger partial charge in [-0.1, -0.05) is 23.8 Å². The summed E-state index contributed by atoms with van der Waals surface area (Å²) in [5.74, 6) is 1.95. The normalized spacial score (nSPS) is 11.6. The maximum Gasteiger partial charge on any atom is 0.258 e. The molecule has 0 aliphatic rings. The molecule has 0 fully saturated rings. The molecule has 5 heteroatoms. The number of hydrogen-bond acceptors (Lipinski definition) is 4. The predicted molar refractivity (Wildman–Crippen MR) is 107 cm³/mol. The molecule has 0 heterocycles. The Kier molecular flexibility index (Phi) is 7.53. The summed E-state index contributed by atoms with van der Waals surface area (Å²) in [6.07, 6.45) is 0. The number of nitrogens with one attached hydrogen (secondary N) is 1. The van der Waals surface area contributed by atoms with Gasteiger partial charge in [0.05, 0.1) is 19.3 Å². The predicted octanol–water partition coefficient (Wildman–Crippen LogP) is 4.36. The Hall–Kier alpha value is -2.69. The van der Waals surface area contributed by atoms with Gasteiger partial charge in [0.25, 0.3) is 5.91 Å². The van der Waals surface area contributed by atoms with Crippen LogP contribution in [-0.2, 0) is 4.79 Å². The van der Waals surface area contributed by atoms with Crippen LogP contribution < -0.4 is 19.5 Å². The molecule has 0 saturated heterocycles. The number of hydrogen-bond donors (Lipinski definition) is 1. The summed E-state index contributed by atoms with van der Waals surface area (Å²) in [7, 11) is 0. The molecular formula is C22H29NO4. The fourth-order valence-corrected chi connectivity index (χ4v) is 2.81. The van der Waals surface area contributed by atoms with E-state index in [4.69, 9.17) is 14.2 Å². The topological polar surface area (TPSA) is 56.8 Å². The first kappa shape index (κ1) is 20.6. The van der Waals surface area contributed by atoms with E-state index in [9.17, 15) is 4.79 Å². The molecule has 0 aliphatic carbocycles. The van der Waals surface area contributed by atoms with Gasteiger partial charge in [-0.2, -0.15) is 0 Å². The van der Waals surface area contributed by atoms with Crippen LogP contribution in [0.2, 0.25) is 0 Å². The van der Waals surface area contributed by atoms with Crippen molar-refractivity contribution in [1.82, 2.24) is 5.32 Å². The minimum Gasteiger partial charge on any atom is -0.490 e. The van der Waals surface area contributed by atoms with Crippen molar-refractivity contribution >= 4 is 5.91 Å². The summed E-state index contributed by atoms with van der Waals surface area (Å²) in [4.78, 5) is 12.3. The molecule has 0 aliphatic heterocycles. The number of carbonyl (C=O) groups is 1. The van der Waals surface area contributed by atoms with Crippen molar-refractivity contribution in [2.45, 2.75) is 40.7 Å². The summed E-state index contributed by atoms with van der Waals surface area (Å²) in [6.45, 7) is 10.9. The average molecular weight is 371 g/mol. The Morgan fingerprint density at radius 3 is 2.26 bits per heavy atom. The maximum absolute atomic E-state index is 12.3. The van der Waals surface area contributed by atoms with E-state index < -0.39 is 0 Å². The molecule has 2 aromatic rings. The van der Waals surface area contributed by atoms with E-state index >= 15 is 0 Å². The minimum absolute atomic E-state index is 0.0242. The van der Waals surface area contributed by atoms with Crippen LogP contribution in [0.5, 0.6) is 17.2 Å². The van der Waals surface area contributed by atoms with Gasteiger partial charge in [-0.25, -0.2) is 0 Å². The lowest BCUT2D eigenvalue weighted by Gasteiger charge is -2.18. The van der Waals surface area contributed by atoms with E-state index in [0.29, 0.717) is 24.7 Å². The maximum atomic E-state index is 12.3. The molecular weight excluding hydrogens is 342 g/mol. The molecule has 0 radical (unpaired) electrons. The fourth-order valence-electron chi connectivity index (χ4n) is 2.81. The van der Waals surface area contributed by atoms with Gasteiger partial charge in [0.2, 0.25) is 0 Å². The molecule has 0 aromatic heterocycles. The monoisotopic (exact) mass is 371 g/mol. The second kappa shape index (κ2) is 9.86. The van der Waals surface area contributed by atoms with Crippen molar-refractivity contribution in [1.29, 1.82) is 0 Å². The van der Waals surface area contributed by atoms with E-state index in [-0.39, 0.29) is 18.6 Å². The van der Waals surface area contributed by atoms with E-state index in [1.807, 2.05) is 71.0 Å². The first-order valence-electron chi connectivity index (χ1n) is 9.33. The number of rotatable bonds is 9. The van der Waals surface area contributed by atoms with Gasteiger partial charge in [-0.3, -0.25) is 4.79 Å². The van der Waals surface area contributed by atoms with Crippen LogP contribution in [0.25, 0.3) is 0 Å². The highest BCUT2D eigenvalue weighted by Gasteiger charge is 2.14. The summed E-state index contributed by atoms with van der Waals surface area (Å²) in [5, 5.41) is 2.96. The molecule has 1 amide bonds. The molecule has 27 heavy (non-hydrogen) atoms. The van der Waals surface area contributed by atoms with Crippen LogP contribution in [-0.4, -0.2) is 25.7 Å². The van der Waals surface area contributed by atoms with Crippen LogP contribution in [0.4, 0.5) is 0 Å². The molecule has 0 unspecified atom stereocenters. The summed E-state index contributed by atoms with van der Waals surface area (Å²) in [5.41, 5.74) is 3.13. The third-order valence-electron chi connectivity index (χ3n) is 4.13. The lowest BCUT2D eigenvalue weighted by atomic mass is 10.1. The van der Waals surface area contributed by atoms with Gasteiger partial charge in [0.1, 0.15) is 5.75 Å². The lowest BCUT2D eigenvalue weighted by Crippen LogP contribution is -2.31. The van der Waals surface area contributed by atoms with Crippen molar-refractivity contribution in [3.05, 3.63) is 53.1 Å². The van der Waals surface area contributed by atoms with Crippen LogP contribution in [0, 0.1) is 13.8 Å². The second-order valence-electron chi connectivity index (χ2n) is 6.42. The molecule has 0 spiro atoms. The zero-order valence-corrected chi connectivity index (χ0v) is 16.8. The largest absolute Gasteiger partial charge is 0.490 e. The second-order valence-corrected chi connectivity index (χ2v) is 6.42. The van der Waals surface area contributed by atoms with Crippen molar-refractivity contribution < 1.29 is 19.0 Å². The number of ether oxygens (including phenoxy) is 3. The van der Waals surface area contributed by atoms with Crippen molar-refractivity contribution in [2.24, 2.45) is 0 Å². The molecule has 146 valence electrons. The molecule has 1 N–H and O–H groups in total. The van der Waals surface area contributed by atoms with E-state index in [1.54, 1.807) is 0 Å². The van der Waals surface area contributed by atoms with Crippen molar-refractivity contribution in [3.63, 3.8) is 0 Å². The summed E-state index contributed by atoms with van der Waals surface area (Å²) < 4.78 is 16.9. The van der Waals surface area contributed by atoms with Crippen LogP contribution in [0.1, 0.15) is 43.5 Å². The first-order valence-corrected chi connectivity index (χ1v) is 9.33. The standard InChI is InChI=1S/C22H29NO4/c1-6-25-20-11-9-18(13-21(20)26-7-2)17(5)23-22(24)14-27-19-10-8-15(3)12-16(19)4/h8-13,17H,6-7,14H2,1-5H3,(H,23,24)/t17-/m0/s1. The van der Waals surface area contributed by atoms with Gasteiger partial charge < -0.3 is 19.5 Å². The SMILES string of the molecule is CCOc1ccc([C@H](C)NC(=O)COc2ccc(C)cc2C)cc1OCC. The molecule has 0 bridgehead atoms. The highest BCUT2D eigenvalue weighted by molar-refractivity contribution is 5.78. The van der Waals surface area contributed by atoms with Crippen molar-refractivity contribution in [3.8, 4) is 17.2 Å². The van der Waals surface area contributed by atoms with Gasteiger partial charge in [-0.15, -0.1) is 0 Å². The average Bonchev–Trinajstić information content (AvgIpc) is 2.62. The van der Waals surface area contributed by atoms with Gasteiger partial charge in [0, 0.05) is 0 Å². The van der Waals surface area contributed by atoms with Crippen LogP contribution in [0.15, 0.2) is 36.4 Å². The Morgan fingerprint density at radius 1 is 0.926 bits per heavy atom. The lowest BCUT2D eigenvalue weighted by molar-refractivity contribution is -0.123. The zero-order valence-electron chi connectivity index (χ0n) is 16.8. The van der Waals surface area contributed by atoms with E-state index in [2.05, 4.69) is 5.32 Å². The summed E-state index contributed by atoms with van der Waals surface area (Å²) >= 11 is 0. The molecule has 2 rings (SSSR count). The Bertz CT molecular complexity index is 773. The number of benzene rings is 2. The Morgan fingerprint density at radius 2 is 1.59 bits per heavy atom. The highest BCUT2D eigenvalue weighted by atomic mass is 16.5. The molecule has 0 saturated carbocycles. The van der Waals surface area contributed by atoms with Crippen LogP contribution in [0.3, 0.4) is 0 Å². The van der Waals surface area contributed by atoms with Crippen molar-refractivity contribution in [2.75, 3.05) is 19.8 Å².